The summed E-state index contributed by atoms with van der Waals surface area (Å²) in [5.74, 6) is 0. The Balaban J connectivity index is 2.27. The minimum Gasteiger partial charge on any atom is -0.338 e. The van der Waals surface area contributed by atoms with Crippen LogP contribution in [0.15, 0.2) is 30.3 Å². The average Bonchev–Trinajstić information content (AvgIpc) is 2.35. The Hall–Kier alpha value is -1.55. The van der Waals surface area contributed by atoms with Crippen molar-refractivity contribution in [3.8, 4) is 0 Å². The minimum atomic E-state index is -0.157. The third kappa shape index (κ3) is 5.36. The van der Waals surface area contributed by atoms with Gasteiger partial charge >= 0.3 is 6.03 Å². The van der Waals surface area contributed by atoms with Gasteiger partial charge in [-0.25, -0.2) is 4.79 Å². The SMILES string of the molecule is CC(C)(CN)CNC(=O)NCc1ccccc1. The van der Waals surface area contributed by atoms with Gasteiger partial charge in [-0.3, -0.25) is 0 Å². The Morgan fingerprint density at radius 3 is 2.47 bits per heavy atom. The number of amides is 2. The van der Waals surface area contributed by atoms with Crippen LogP contribution in [0.5, 0.6) is 0 Å². The van der Waals surface area contributed by atoms with Crippen molar-refractivity contribution in [3.05, 3.63) is 35.9 Å². The number of benzene rings is 1. The Kier molecular flexibility index (Phi) is 4.97. The van der Waals surface area contributed by atoms with Gasteiger partial charge in [0.2, 0.25) is 0 Å². The van der Waals surface area contributed by atoms with E-state index in [-0.39, 0.29) is 11.4 Å². The highest BCUT2D eigenvalue weighted by Gasteiger charge is 2.16. The standard InChI is InChI=1S/C13H21N3O/c1-13(2,9-14)10-16-12(17)15-8-11-6-4-3-5-7-11/h3-7H,8-10,14H2,1-2H3,(H2,15,16,17). The van der Waals surface area contributed by atoms with E-state index in [2.05, 4.69) is 10.6 Å². The normalized spacial score (nSPS) is 11.0. The third-order valence-electron chi connectivity index (χ3n) is 2.58. The zero-order valence-corrected chi connectivity index (χ0v) is 10.5. The molecule has 0 heterocycles. The van der Waals surface area contributed by atoms with Crippen LogP contribution in [-0.4, -0.2) is 19.1 Å². The van der Waals surface area contributed by atoms with E-state index in [0.29, 0.717) is 19.6 Å². The van der Waals surface area contributed by atoms with Gasteiger partial charge in [0.1, 0.15) is 0 Å². The van der Waals surface area contributed by atoms with E-state index in [0.717, 1.165) is 5.56 Å². The molecule has 0 aliphatic carbocycles. The quantitative estimate of drug-likeness (QED) is 0.723. The second-order valence-corrected chi connectivity index (χ2v) is 4.89. The topological polar surface area (TPSA) is 67.1 Å². The van der Waals surface area contributed by atoms with Crippen LogP contribution in [0, 0.1) is 5.41 Å². The van der Waals surface area contributed by atoms with E-state index in [9.17, 15) is 4.79 Å². The van der Waals surface area contributed by atoms with Gasteiger partial charge in [-0.05, 0) is 17.5 Å². The summed E-state index contributed by atoms with van der Waals surface area (Å²) in [5.41, 5.74) is 6.60. The van der Waals surface area contributed by atoms with Gasteiger partial charge in [0, 0.05) is 13.1 Å². The van der Waals surface area contributed by atoms with Gasteiger partial charge < -0.3 is 16.4 Å². The minimum absolute atomic E-state index is 0.0654. The molecular formula is C13H21N3O. The summed E-state index contributed by atoms with van der Waals surface area (Å²) >= 11 is 0. The number of nitrogens with one attached hydrogen (secondary N) is 2. The molecule has 0 aliphatic rings. The molecule has 1 rings (SSSR count). The smallest absolute Gasteiger partial charge is 0.315 e. The first-order valence-corrected chi connectivity index (χ1v) is 5.79. The molecule has 0 spiro atoms. The first-order valence-electron chi connectivity index (χ1n) is 5.79. The monoisotopic (exact) mass is 235 g/mol. The lowest BCUT2D eigenvalue weighted by atomic mass is 9.94. The summed E-state index contributed by atoms with van der Waals surface area (Å²) in [5, 5.41) is 5.62. The van der Waals surface area contributed by atoms with Crippen LogP contribution in [0.3, 0.4) is 0 Å². The molecule has 0 fully saturated rings. The first kappa shape index (κ1) is 13.5. The third-order valence-corrected chi connectivity index (χ3v) is 2.58. The molecule has 1 aromatic rings. The van der Waals surface area contributed by atoms with Crippen molar-refractivity contribution >= 4 is 6.03 Å². The molecule has 4 heteroatoms. The number of hydrogen-bond acceptors (Lipinski definition) is 2. The molecule has 17 heavy (non-hydrogen) atoms. The summed E-state index contributed by atoms with van der Waals surface area (Å²) < 4.78 is 0. The van der Waals surface area contributed by atoms with Crippen LogP contribution >= 0.6 is 0 Å². The first-order chi connectivity index (χ1) is 8.03. The van der Waals surface area contributed by atoms with Crippen molar-refractivity contribution < 1.29 is 4.79 Å². The van der Waals surface area contributed by atoms with Gasteiger partial charge in [-0.1, -0.05) is 44.2 Å². The molecule has 0 aliphatic heterocycles. The van der Waals surface area contributed by atoms with E-state index in [1.54, 1.807) is 0 Å². The lowest BCUT2D eigenvalue weighted by molar-refractivity contribution is 0.234. The molecular weight excluding hydrogens is 214 g/mol. The zero-order valence-electron chi connectivity index (χ0n) is 10.5. The number of hydrogen-bond donors (Lipinski definition) is 3. The molecule has 0 atom stereocenters. The zero-order chi connectivity index (χ0) is 12.7. The second-order valence-electron chi connectivity index (χ2n) is 4.89. The molecule has 0 bridgehead atoms. The molecule has 2 amide bonds. The summed E-state index contributed by atoms with van der Waals surface area (Å²) in [6.45, 7) is 5.70. The molecule has 1 aromatic carbocycles. The molecule has 0 saturated heterocycles. The highest BCUT2D eigenvalue weighted by atomic mass is 16.2. The van der Waals surface area contributed by atoms with E-state index < -0.39 is 0 Å². The fraction of sp³-hybridized carbons (Fsp3) is 0.462. The number of carbonyl (C=O) groups is 1. The number of nitrogens with two attached hydrogens (primary N) is 1. The molecule has 0 aromatic heterocycles. The molecule has 0 radical (unpaired) electrons. The van der Waals surface area contributed by atoms with Crippen LogP contribution in [0.4, 0.5) is 4.79 Å². The lowest BCUT2D eigenvalue weighted by Gasteiger charge is -2.22. The summed E-state index contributed by atoms with van der Waals surface area (Å²) in [7, 11) is 0. The predicted octanol–water partition coefficient (Wildman–Crippen LogP) is 1.47. The Labute approximate surface area is 103 Å². The summed E-state index contributed by atoms with van der Waals surface area (Å²) in [6, 6.07) is 9.65. The van der Waals surface area contributed by atoms with Gasteiger partial charge in [-0.2, -0.15) is 0 Å². The Morgan fingerprint density at radius 2 is 1.88 bits per heavy atom. The fourth-order valence-corrected chi connectivity index (χ4v) is 1.23. The van der Waals surface area contributed by atoms with Crippen LogP contribution in [-0.2, 0) is 6.54 Å². The maximum absolute atomic E-state index is 11.5. The highest BCUT2D eigenvalue weighted by Crippen LogP contribution is 2.09. The van der Waals surface area contributed by atoms with Gasteiger partial charge in [0.15, 0.2) is 0 Å². The predicted molar refractivity (Wildman–Crippen MR) is 69.5 cm³/mol. The lowest BCUT2D eigenvalue weighted by Crippen LogP contribution is -2.42. The Bertz CT molecular complexity index is 349. The maximum atomic E-state index is 11.5. The molecule has 4 N–H and O–H groups in total. The Morgan fingerprint density at radius 1 is 1.24 bits per heavy atom. The molecule has 0 saturated carbocycles. The van der Waals surface area contributed by atoms with E-state index in [4.69, 9.17) is 5.73 Å². The largest absolute Gasteiger partial charge is 0.338 e. The number of carbonyl (C=O) groups excluding carboxylic acids is 1. The fourth-order valence-electron chi connectivity index (χ4n) is 1.23. The van der Waals surface area contributed by atoms with Crippen molar-refractivity contribution in [1.82, 2.24) is 10.6 Å². The van der Waals surface area contributed by atoms with Gasteiger partial charge in [-0.15, -0.1) is 0 Å². The van der Waals surface area contributed by atoms with E-state index >= 15 is 0 Å². The van der Waals surface area contributed by atoms with Crippen molar-refractivity contribution in [3.63, 3.8) is 0 Å². The van der Waals surface area contributed by atoms with Crippen molar-refractivity contribution in [1.29, 1.82) is 0 Å². The highest BCUT2D eigenvalue weighted by molar-refractivity contribution is 5.73. The van der Waals surface area contributed by atoms with Crippen molar-refractivity contribution in [2.45, 2.75) is 20.4 Å². The van der Waals surface area contributed by atoms with Gasteiger partial charge in [0.25, 0.3) is 0 Å². The van der Waals surface area contributed by atoms with Crippen LogP contribution in [0.1, 0.15) is 19.4 Å². The average molecular weight is 235 g/mol. The molecule has 4 nitrogen and oxygen atoms in total. The maximum Gasteiger partial charge on any atom is 0.315 e. The van der Waals surface area contributed by atoms with Crippen LogP contribution in [0.25, 0.3) is 0 Å². The van der Waals surface area contributed by atoms with E-state index in [1.165, 1.54) is 0 Å². The second kappa shape index (κ2) is 6.25. The van der Waals surface area contributed by atoms with Crippen molar-refractivity contribution in [2.75, 3.05) is 13.1 Å². The summed E-state index contributed by atoms with van der Waals surface area (Å²) in [6.07, 6.45) is 0. The van der Waals surface area contributed by atoms with Crippen LogP contribution < -0.4 is 16.4 Å². The molecule has 0 unspecified atom stereocenters. The molecule has 94 valence electrons. The number of rotatable bonds is 5. The van der Waals surface area contributed by atoms with Crippen LogP contribution in [0.2, 0.25) is 0 Å². The van der Waals surface area contributed by atoms with Crippen molar-refractivity contribution in [2.24, 2.45) is 11.1 Å². The van der Waals surface area contributed by atoms with E-state index in [1.807, 2.05) is 44.2 Å². The summed E-state index contributed by atoms with van der Waals surface area (Å²) in [4.78, 5) is 11.5. The van der Waals surface area contributed by atoms with Gasteiger partial charge in [0.05, 0.1) is 0 Å². The number of urea groups is 1.